The van der Waals surface area contributed by atoms with Crippen molar-refractivity contribution in [3.63, 3.8) is 0 Å². The van der Waals surface area contributed by atoms with Crippen molar-refractivity contribution in [2.45, 2.75) is 25.7 Å². The van der Waals surface area contributed by atoms with Crippen molar-refractivity contribution in [3.05, 3.63) is 28.5 Å². The molecule has 0 aliphatic heterocycles. The van der Waals surface area contributed by atoms with Crippen LogP contribution in [0.25, 0.3) is 0 Å². The molecular weight excluding hydrogens is 296 g/mol. The standard InChI is InChI=1S/C13H19BrN2O2/c1-3-4-7-15-13(17)11(9-18-2)10-5-6-12(14)16-8-10/h5-6,8,11H,3-4,7,9H2,1-2H3,(H,15,17). The molecule has 0 radical (unpaired) electrons. The number of carbonyl (C=O) groups excluding carboxylic acids is 1. The number of hydrogen-bond acceptors (Lipinski definition) is 3. The van der Waals surface area contributed by atoms with Crippen LogP contribution in [0, 0.1) is 0 Å². The zero-order valence-corrected chi connectivity index (χ0v) is 12.4. The summed E-state index contributed by atoms with van der Waals surface area (Å²) in [5.41, 5.74) is 0.869. The first-order chi connectivity index (χ1) is 8.69. The van der Waals surface area contributed by atoms with Gasteiger partial charge in [-0.05, 0) is 34.0 Å². The maximum atomic E-state index is 12.1. The summed E-state index contributed by atoms with van der Waals surface area (Å²) in [7, 11) is 1.60. The lowest BCUT2D eigenvalue weighted by atomic mass is 10.0. The van der Waals surface area contributed by atoms with Crippen LogP contribution in [-0.2, 0) is 9.53 Å². The molecule has 0 aliphatic rings. The Kier molecular flexibility index (Phi) is 6.90. The highest BCUT2D eigenvalue weighted by Gasteiger charge is 2.20. The lowest BCUT2D eigenvalue weighted by Crippen LogP contribution is -2.32. The average molecular weight is 315 g/mol. The fourth-order valence-corrected chi connectivity index (χ4v) is 1.83. The molecule has 0 saturated heterocycles. The quantitative estimate of drug-likeness (QED) is 0.621. The van der Waals surface area contributed by atoms with E-state index in [0.717, 1.165) is 23.0 Å². The first-order valence-electron chi connectivity index (χ1n) is 6.07. The number of aromatic nitrogens is 1. The number of nitrogens with one attached hydrogen (secondary N) is 1. The van der Waals surface area contributed by atoms with Crippen LogP contribution in [0.5, 0.6) is 0 Å². The molecule has 0 fully saturated rings. The van der Waals surface area contributed by atoms with Crippen molar-refractivity contribution < 1.29 is 9.53 Å². The summed E-state index contributed by atoms with van der Waals surface area (Å²) in [5.74, 6) is -0.304. The van der Waals surface area contributed by atoms with E-state index < -0.39 is 0 Å². The molecule has 5 heteroatoms. The molecule has 0 aromatic carbocycles. The summed E-state index contributed by atoms with van der Waals surface area (Å²) in [5, 5.41) is 2.92. The van der Waals surface area contributed by atoms with Gasteiger partial charge < -0.3 is 10.1 Å². The molecule has 0 aliphatic carbocycles. The minimum Gasteiger partial charge on any atom is -0.384 e. The van der Waals surface area contributed by atoms with Crippen LogP contribution in [0.3, 0.4) is 0 Å². The van der Waals surface area contributed by atoms with Crippen molar-refractivity contribution >= 4 is 21.8 Å². The lowest BCUT2D eigenvalue weighted by molar-refractivity contribution is -0.123. The van der Waals surface area contributed by atoms with E-state index in [1.807, 2.05) is 12.1 Å². The topological polar surface area (TPSA) is 51.2 Å². The van der Waals surface area contributed by atoms with E-state index in [1.165, 1.54) is 0 Å². The van der Waals surface area contributed by atoms with Crippen LogP contribution in [-0.4, -0.2) is 31.2 Å². The molecule has 0 saturated carbocycles. The summed E-state index contributed by atoms with van der Waals surface area (Å²) in [6.45, 7) is 3.16. The van der Waals surface area contributed by atoms with Crippen molar-refractivity contribution in [2.75, 3.05) is 20.3 Å². The molecule has 1 atom stereocenters. The monoisotopic (exact) mass is 314 g/mol. The zero-order valence-electron chi connectivity index (χ0n) is 10.8. The Morgan fingerprint density at radius 3 is 2.89 bits per heavy atom. The van der Waals surface area contributed by atoms with Gasteiger partial charge in [0, 0.05) is 19.9 Å². The number of hydrogen-bond donors (Lipinski definition) is 1. The van der Waals surface area contributed by atoms with E-state index in [0.29, 0.717) is 13.2 Å². The van der Waals surface area contributed by atoms with Gasteiger partial charge >= 0.3 is 0 Å². The molecular formula is C13H19BrN2O2. The van der Waals surface area contributed by atoms with Crippen molar-refractivity contribution in [1.82, 2.24) is 10.3 Å². The van der Waals surface area contributed by atoms with E-state index in [-0.39, 0.29) is 11.8 Å². The fourth-order valence-electron chi connectivity index (χ4n) is 1.59. The molecule has 1 aromatic rings. The Bertz CT molecular complexity index is 368. The number of nitrogens with zero attached hydrogens (tertiary/aromatic N) is 1. The molecule has 1 unspecified atom stereocenters. The summed E-state index contributed by atoms with van der Waals surface area (Å²) in [6.07, 6.45) is 3.76. The summed E-state index contributed by atoms with van der Waals surface area (Å²) in [6, 6.07) is 3.72. The highest BCUT2D eigenvalue weighted by Crippen LogP contribution is 2.17. The van der Waals surface area contributed by atoms with E-state index in [1.54, 1.807) is 13.3 Å². The van der Waals surface area contributed by atoms with Gasteiger partial charge in [0.25, 0.3) is 0 Å². The van der Waals surface area contributed by atoms with Gasteiger partial charge in [0.1, 0.15) is 4.60 Å². The minimum absolute atomic E-state index is 0.00516. The Morgan fingerprint density at radius 1 is 1.56 bits per heavy atom. The second-order valence-electron chi connectivity index (χ2n) is 4.07. The number of unbranched alkanes of at least 4 members (excludes halogenated alkanes) is 1. The molecule has 1 heterocycles. The second-order valence-corrected chi connectivity index (χ2v) is 4.88. The minimum atomic E-state index is -0.299. The van der Waals surface area contributed by atoms with Crippen LogP contribution >= 0.6 is 15.9 Å². The Morgan fingerprint density at radius 2 is 2.33 bits per heavy atom. The molecule has 1 N–H and O–H groups in total. The Labute approximate surface area is 116 Å². The predicted molar refractivity (Wildman–Crippen MR) is 74.5 cm³/mol. The van der Waals surface area contributed by atoms with E-state index in [4.69, 9.17) is 4.74 Å². The van der Waals surface area contributed by atoms with Gasteiger partial charge in [-0.1, -0.05) is 19.4 Å². The molecule has 18 heavy (non-hydrogen) atoms. The largest absolute Gasteiger partial charge is 0.384 e. The van der Waals surface area contributed by atoms with Crippen molar-refractivity contribution in [2.24, 2.45) is 0 Å². The highest BCUT2D eigenvalue weighted by atomic mass is 79.9. The first kappa shape index (κ1) is 15.1. The normalized spacial score (nSPS) is 12.2. The molecule has 1 aromatic heterocycles. The van der Waals surface area contributed by atoms with Crippen LogP contribution in [0.2, 0.25) is 0 Å². The lowest BCUT2D eigenvalue weighted by Gasteiger charge is -2.16. The molecule has 0 bridgehead atoms. The number of pyridine rings is 1. The SMILES string of the molecule is CCCCNC(=O)C(COC)c1ccc(Br)nc1. The Hall–Kier alpha value is -0.940. The van der Waals surface area contributed by atoms with E-state index in [9.17, 15) is 4.79 Å². The van der Waals surface area contributed by atoms with Gasteiger partial charge in [0.05, 0.1) is 12.5 Å². The average Bonchev–Trinajstić information content (AvgIpc) is 2.37. The predicted octanol–water partition coefficient (Wildman–Crippen LogP) is 2.49. The molecule has 4 nitrogen and oxygen atoms in total. The fraction of sp³-hybridized carbons (Fsp3) is 0.538. The number of ether oxygens (including phenoxy) is 1. The summed E-state index contributed by atoms with van der Waals surface area (Å²) >= 11 is 3.28. The number of amides is 1. The third-order valence-electron chi connectivity index (χ3n) is 2.63. The Balaban J connectivity index is 2.69. The van der Waals surface area contributed by atoms with Crippen molar-refractivity contribution in [1.29, 1.82) is 0 Å². The number of methoxy groups -OCH3 is 1. The van der Waals surface area contributed by atoms with Gasteiger partial charge in [-0.15, -0.1) is 0 Å². The number of halogens is 1. The van der Waals surface area contributed by atoms with Gasteiger partial charge in [0.15, 0.2) is 0 Å². The first-order valence-corrected chi connectivity index (χ1v) is 6.86. The maximum Gasteiger partial charge on any atom is 0.229 e. The second kappa shape index (κ2) is 8.21. The van der Waals surface area contributed by atoms with Gasteiger partial charge in [-0.3, -0.25) is 4.79 Å². The third-order valence-corrected chi connectivity index (χ3v) is 3.10. The highest BCUT2D eigenvalue weighted by molar-refractivity contribution is 9.10. The third kappa shape index (κ3) is 4.74. The summed E-state index contributed by atoms with van der Waals surface area (Å²) in [4.78, 5) is 16.2. The molecule has 100 valence electrons. The van der Waals surface area contributed by atoms with Crippen LogP contribution < -0.4 is 5.32 Å². The number of carbonyl (C=O) groups is 1. The maximum absolute atomic E-state index is 12.1. The smallest absolute Gasteiger partial charge is 0.229 e. The molecule has 1 amide bonds. The van der Waals surface area contributed by atoms with Crippen molar-refractivity contribution in [3.8, 4) is 0 Å². The molecule has 0 spiro atoms. The van der Waals surface area contributed by atoms with Gasteiger partial charge in [-0.25, -0.2) is 4.98 Å². The van der Waals surface area contributed by atoms with Gasteiger partial charge in [0.2, 0.25) is 5.91 Å². The zero-order chi connectivity index (χ0) is 13.4. The van der Waals surface area contributed by atoms with E-state index in [2.05, 4.69) is 33.2 Å². The summed E-state index contributed by atoms with van der Waals surface area (Å²) < 4.78 is 5.87. The molecule has 1 rings (SSSR count). The van der Waals surface area contributed by atoms with Crippen LogP contribution in [0.4, 0.5) is 0 Å². The van der Waals surface area contributed by atoms with Crippen LogP contribution in [0.15, 0.2) is 22.9 Å². The van der Waals surface area contributed by atoms with Gasteiger partial charge in [-0.2, -0.15) is 0 Å². The van der Waals surface area contributed by atoms with Crippen LogP contribution in [0.1, 0.15) is 31.2 Å². The number of rotatable bonds is 7. The van der Waals surface area contributed by atoms with E-state index >= 15 is 0 Å².